The van der Waals surface area contributed by atoms with Gasteiger partial charge in [0.15, 0.2) is 0 Å². The van der Waals surface area contributed by atoms with Gasteiger partial charge in [0, 0.05) is 18.8 Å². The van der Waals surface area contributed by atoms with Crippen LogP contribution in [0.1, 0.15) is 30.4 Å². The summed E-state index contributed by atoms with van der Waals surface area (Å²) in [4.78, 5) is 2.40. The van der Waals surface area contributed by atoms with Crippen LogP contribution in [0.2, 0.25) is 0 Å². The zero-order chi connectivity index (χ0) is 17.5. The minimum Gasteiger partial charge on any atom is -0.389 e. The van der Waals surface area contributed by atoms with E-state index >= 15 is 0 Å². The minimum absolute atomic E-state index is 0.374. The predicted octanol–water partition coefficient (Wildman–Crippen LogP) is 2.62. The normalized spacial score (nSPS) is 19.8. The Morgan fingerprint density at radius 2 is 2.12 bits per heavy atom. The molecule has 0 aliphatic carbocycles. The molecule has 1 aliphatic rings. The topological polar surface area (TPSA) is 50.5 Å². The zero-order valence-electron chi connectivity index (χ0n) is 15.1. The smallest absolute Gasteiger partial charge is 0.0900 e. The molecule has 1 fully saturated rings. The second-order valence-electron chi connectivity index (χ2n) is 7.04. The molecule has 1 N–H and O–H groups in total. The molecule has 5 nitrogen and oxygen atoms in total. The molecule has 2 atom stereocenters. The Bertz CT molecular complexity index is 629. The lowest BCUT2D eigenvalue weighted by molar-refractivity contribution is -0.00570. The molecule has 2 aromatic rings. The largest absolute Gasteiger partial charge is 0.389 e. The van der Waals surface area contributed by atoms with Crippen LogP contribution in [0.4, 0.5) is 0 Å². The molecule has 0 bridgehead atoms. The molecule has 3 rings (SSSR count). The van der Waals surface area contributed by atoms with Crippen molar-refractivity contribution in [1.82, 2.24) is 14.7 Å². The van der Waals surface area contributed by atoms with Crippen molar-refractivity contribution in [2.24, 2.45) is 0 Å². The van der Waals surface area contributed by atoms with E-state index in [-0.39, 0.29) is 0 Å². The summed E-state index contributed by atoms with van der Waals surface area (Å²) in [6, 6.07) is 10.5. The Hall–Kier alpha value is -1.69. The lowest BCUT2D eigenvalue weighted by atomic mass is 10.0. The second kappa shape index (κ2) is 9.13. The van der Waals surface area contributed by atoms with Crippen LogP contribution < -0.4 is 0 Å². The van der Waals surface area contributed by atoms with Crippen LogP contribution in [0.5, 0.6) is 0 Å². The fourth-order valence-corrected chi connectivity index (χ4v) is 3.50. The number of aromatic nitrogens is 2. The van der Waals surface area contributed by atoms with Gasteiger partial charge >= 0.3 is 0 Å². The summed E-state index contributed by atoms with van der Waals surface area (Å²) in [6.07, 6.45) is 7.15. The van der Waals surface area contributed by atoms with Gasteiger partial charge in [-0.1, -0.05) is 36.8 Å². The standard InChI is InChI=1S/C20H29N3O2/c1-17-11-21-23(12-17)13-19-9-5-6-10-22(19)14-20(24)16-25-15-18-7-3-2-4-8-18/h2-4,7-8,11-12,19-20,24H,5-6,9-10,13-16H2,1H3/t19-,20-/m1/s1. The van der Waals surface area contributed by atoms with E-state index in [1.54, 1.807) is 0 Å². The fraction of sp³-hybridized carbons (Fsp3) is 0.550. The lowest BCUT2D eigenvalue weighted by Crippen LogP contribution is -2.46. The molecule has 1 aliphatic heterocycles. The highest BCUT2D eigenvalue weighted by molar-refractivity contribution is 5.13. The number of aryl methyl sites for hydroxylation is 1. The summed E-state index contributed by atoms with van der Waals surface area (Å²) in [5.74, 6) is 0. The summed E-state index contributed by atoms with van der Waals surface area (Å²) < 4.78 is 7.71. The zero-order valence-corrected chi connectivity index (χ0v) is 15.1. The number of hydrogen-bond acceptors (Lipinski definition) is 4. The van der Waals surface area contributed by atoms with Crippen LogP contribution in [-0.4, -0.2) is 51.6 Å². The molecular formula is C20H29N3O2. The van der Waals surface area contributed by atoms with E-state index in [2.05, 4.69) is 23.1 Å². The molecule has 0 radical (unpaired) electrons. The van der Waals surface area contributed by atoms with Crippen molar-refractivity contribution in [3.05, 3.63) is 53.9 Å². The number of aliphatic hydroxyl groups is 1. The molecule has 1 aromatic carbocycles. The predicted molar refractivity (Wildman–Crippen MR) is 98.3 cm³/mol. The molecular weight excluding hydrogens is 314 g/mol. The summed E-state index contributed by atoms with van der Waals surface area (Å²) in [6.45, 7) is 5.59. The summed E-state index contributed by atoms with van der Waals surface area (Å²) in [5.41, 5.74) is 2.33. The highest BCUT2D eigenvalue weighted by atomic mass is 16.5. The van der Waals surface area contributed by atoms with Gasteiger partial charge in [-0.05, 0) is 37.4 Å². The first-order valence-electron chi connectivity index (χ1n) is 9.23. The van der Waals surface area contributed by atoms with Crippen LogP contribution in [0.15, 0.2) is 42.7 Å². The fourth-order valence-electron chi connectivity index (χ4n) is 3.50. The molecule has 1 saturated heterocycles. The van der Waals surface area contributed by atoms with Gasteiger partial charge in [0.25, 0.3) is 0 Å². The SMILES string of the molecule is Cc1cnn(C[C@H]2CCCCN2C[C@@H](O)COCc2ccccc2)c1. The maximum absolute atomic E-state index is 10.4. The maximum Gasteiger partial charge on any atom is 0.0900 e. The van der Waals surface area contributed by atoms with E-state index in [0.29, 0.717) is 25.8 Å². The Kier molecular flexibility index (Phi) is 6.62. The van der Waals surface area contributed by atoms with Crippen molar-refractivity contribution >= 4 is 0 Å². The van der Waals surface area contributed by atoms with E-state index in [9.17, 15) is 5.11 Å². The maximum atomic E-state index is 10.4. The number of ether oxygens (including phenoxy) is 1. The second-order valence-corrected chi connectivity index (χ2v) is 7.04. The summed E-state index contributed by atoms with van der Waals surface area (Å²) in [5, 5.41) is 14.8. The molecule has 0 saturated carbocycles. The van der Waals surface area contributed by atoms with Crippen LogP contribution in [0.25, 0.3) is 0 Å². The molecule has 1 aromatic heterocycles. The van der Waals surface area contributed by atoms with E-state index in [1.807, 2.05) is 41.2 Å². The number of benzene rings is 1. The van der Waals surface area contributed by atoms with Crippen molar-refractivity contribution in [2.45, 2.75) is 51.5 Å². The van der Waals surface area contributed by atoms with Crippen LogP contribution >= 0.6 is 0 Å². The Morgan fingerprint density at radius 3 is 2.88 bits per heavy atom. The van der Waals surface area contributed by atoms with E-state index in [0.717, 1.165) is 25.1 Å². The van der Waals surface area contributed by atoms with Gasteiger partial charge < -0.3 is 9.84 Å². The highest BCUT2D eigenvalue weighted by Gasteiger charge is 2.25. The molecule has 25 heavy (non-hydrogen) atoms. The summed E-state index contributed by atoms with van der Waals surface area (Å²) >= 11 is 0. The van der Waals surface area contributed by atoms with Crippen molar-refractivity contribution in [3.63, 3.8) is 0 Å². The lowest BCUT2D eigenvalue weighted by Gasteiger charge is -2.36. The third kappa shape index (κ3) is 5.66. The summed E-state index contributed by atoms with van der Waals surface area (Å²) in [7, 11) is 0. The Balaban J connectivity index is 1.45. The number of nitrogens with zero attached hydrogens (tertiary/aromatic N) is 3. The van der Waals surface area contributed by atoms with Crippen LogP contribution in [0.3, 0.4) is 0 Å². The van der Waals surface area contributed by atoms with Crippen molar-refractivity contribution in [2.75, 3.05) is 19.7 Å². The molecule has 2 heterocycles. The van der Waals surface area contributed by atoms with E-state index < -0.39 is 6.10 Å². The van der Waals surface area contributed by atoms with E-state index in [4.69, 9.17) is 4.74 Å². The van der Waals surface area contributed by atoms with Crippen molar-refractivity contribution < 1.29 is 9.84 Å². The number of piperidine rings is 1. The van der Waals surface area contributed by atoms with Crippen LogP contribution in [0, 0.1) is 6.92 Å². The minimum atomic E-state index is -0.455. The van der Waals surface area contributed by atoms with Crippen molar-refractivity contribution in [1.29, 1.82) is 0 Å². The molecule has 0 unspecified atom stereocenters. The average Bonchev–Trinajstić information content (AvgIpc) is 3.02. The monoisotopic (exact) mass is 343 g/mol. The quantitative estimate of drug-likeness (QED) is 0.800. The van der Waals surface area contributed by atoms with Crippen LogP contribution in [-0.2, 0) is 17.9 Å². The van der Waals surface area contributed by atoms with Gasteiger partial charge in [-0.25, -0.2) is 0 Å². The van der Waals surface area contributed by atoms with Gasteiger partial charge in [0.2, 0.25) is 0 Å². The Morgan fingerprint density at radius 1 is 1.28 bits per heavy atom. The Labute approximate surface area is 150 Å². The number of likely N-dealkylation sites (tertiary alicyclic amines) is 1. The first kappa shape index (κ1) is 18.1. The van der Waals surface area contributed by atoms with Gasteiger partial charge in [0.1, 0.15) is 0 Å². The molecule has 0 spiro atoms. The number of rotatable bonds is 8. The molecule has 136 valence electrons. The van der Waals surface area contributed by atoms with Crippen molar-refractivity contribution in [3.8, 4) is 0 Å². The average molecular weight is 343 g/mol. The first-order valence-corrected chi connectivity index (χ1v) is 9.23. The van der Waals surface area contributed by atoms with Gasteiger partial charge in [-0.15, -0.1) is 0 Å². The molecule has 0 amide bonds. The number of β-amino-alcohol motifs (C(OH)–C–C–N with tert-alkyl or cyclic N) is 1. The number of hydrogen-bond donors (Lipinski definition) is 1. The molecule has 5 heteroatoms. The number of aliphatic hydroxyl groups excluding tert-OH is 1. The highest BCUT2D eigenvalue weighted by Crippen LogP contribution is 2.19. The first-order chi connectivity index (χ1) is 12.2. The van der Waals surface area contributed by atoms with Gasteiger partial charge in [-0.3, -0.25) is 9.58 Å². The third-order valence-electron chi connectivity index (χ3n) is 4.78. The van der Waals surface area contributed by atoms with Gasteiger partial charge in [-0.2, -0.15) is 5.10 Å². The third-order valence-corrected chi connectivity index (χ3v) is 4.78. The van der Waals surface area contributed by atoms with Gasteiger partial charge in [0.05, 0.1) is 32.1 Å². The van der Waals surface area contributed by atoms with E-state index in [1.165, 1.54) is 18.4 Å².